The van der Waals surface area contributed by atoms with Gasteiger partial charge in [-0.15, -0.1) is 0 Å². The van der Waals surface area contributed by atoms with Crippen molar-refractivity contribution < 1.29 is 9.90 Å². The van der Waals surface area contributed by atoms with Crippen LogP contribution in [0.4, 0.5) is 5.69 Å². The maximum Gasteiger partial charge on any atom is 0.224 e. The number of aliphatic hydroxyl groups is 1. The molecule has 2 rings (SSSR count). The van der Waals surface area contributed by atoms with Crippen LogP contribution >= 0.6 is 11.3 Å². The first-order chi connectivity index (χ1) is 9.15. The lowest BCUT2D eigenvalue weighted by Gasteiger charge is -2.10. The number of rotatable bonds is 5. The van der Waals surface area contributed by atoms with Crippen LogP contribution in [0.2, 0.25) is 0 Å². The molecule has 0 radical (unpaired) electrons. The van der Waals surface area contributed by atoms with Crippen molar-refractivity contribution in [2.45, 2.75) is 12.5 Å². The Bertz CT molecular complexity index is 540. The van der Waals surface area contributed by atoms with Crippen LogP contribution in [0.15, 0.2) is 41.1 Å². The van der Waals surface area contributed by atoms with Crippen LogP contribution in [0.3, 0.4) is 0 Å². The summed E-state index contributed by atoms with van der Waals surface area (Å²) in [6.45, 7) is 0.220. The molecule has 4 N–H and O–H groups in total. The van der Waals surface area contributed by atoms with Gasteiger partial charge in [-0.1, -0.05) is 12.1 Å². The fraction of sp³-hybridized carbons (Fsp3) is 0.214. The third-order valence-electron chi connectivity index (χ3n) is 2.74. The summed E-state index contributed by atoms with van der Waals surface area (Å²) in [5.41, 5.74) is 7.98. The van der Waals surface area contributed by atoms with Crippen molar-refractivity contribution in [3.63, 3.8) is 0 Å². The molecule has 0 fully saturated rings. The summed E-state index contributed by atoms with van der Waals surface area (Å²) in [5, 5.41) is 16.3. The zero-order chi connectivity index (χ0) is 13.7. The van der Waals surface area contributed by atoms with Crippen LogP contribution in [-0.4, -0.2) is 17.6 Å². The molecule has 0 aliphatic heterocycles. The van der Waals surface area contributed by atoms with Gasteiger partial charge in [0.1, 0.15) is 0 Å². The zero-order valence-electron chi connectivity index (χ0n) is 10.4. The lowest BCUT2D eigenvalue weighted by atomic mass is 10.1. The SMILES string of the molecule is Nc1cccc(CC(=O)NCC(O)c2ccsc2)c1. The number of benzene rings is 1. The van der Waals surface area contributed by atoms with Crippen molar-refractivity contribution in [1.82, 2.24) is 5.32 Å². The Hall–Kier alpha value is -1.85. The summed E-state index contributed by atoms with van der Waals surface area (Å²) in [7, 11) is 0. The predicted molar refractivity (Wildman–Crippen MR) is 76.8 cm³/mol. The summed E-state index contributed by atoms with van der Waals surface area (Å²) >= 11 is 1.52. The number of amides is 1. The molecular weight excluding hydrogens is 260 g/mol. The fourth-order valence-electron chi connectivity index (χ4n) is 1.74. The molecule has 1 atom stereocenters. The van der Waals surface area contributed by atoms with Crippen LogP contribution in [-0.2, 0) is 11.2 Å². The quantitative estimate of drug-likeness (QED) is 0.728. The minimum absolute atomic E-state index is 0.125. The van der Waals surface area contributed by atoms with Gasteiger partial charge < -0.3 is 16.2 Å². The van der Waals surface area contributed by atoms with Gasteiger partial charge in [0.2, 0.25) is 5.91 Å². The molecule has 1 amide bonds. The lowest BCUT2D eigenvalue weighted by molar-refractivity contribution is -0.120. The van der Waals surface area contributed by atoms with E-state index in [-0.39, 0.29) is 18.9 Å². The zero-order valence-corrected chi connectivity index (χ0v) is 11.2. The van der Waals surface area contributed by atoms with Gasteiger partial charge in [0.25, 0.3) is 0 Å². The molecule has 19 heavy (non-hydrogen) atoms. The minimum Gasteiger partial charge on any atom is -0.399 e. The molecule has 0 bridgehead atoms. The monoisotopic (exact) mass is 276 g/mol. The molecule has 0 spiro atoms. The second-order valence-corrected chi connectivity index (χ2v) is 5.08. The molecule has 0 aliphatic rings. The largest absolute Gasteiger partial charge is 0.399 e. The maximum atomic E-state index is 11.7. The number of nitrogen functional groups attached to an aromatic ring is 1. The number of nitrogens with two attached hydrogens (primary N) is 1. The first-order valence-corrected chi connectivity index (χ1v) is 6.90. The number of anilines is 1. The van der Waals surface area contributed by atoms with Crippen LogP contribution < -0.4 is 11.1 Å². The second-order valence-electron chi connectivity index (χ2n) is 4.30. The Morgan fingerprint density at radius 1 is 1.42 bits per heavy atom. The predicted octanol–water partition coefficient (Wildman–Crippen LogP) is 1.72. The van der Waals surface area contributed by atoms with Crippen LogP contribution in [0.1, 0.15) is 17.2 Å². The molecule has 5 heteroatoms. The summed E-state index contributed by atoms with van der Waals surface area (Å²) in [5.74, 6) is -0.125. The van der Waals surface area contributed by atoms with Gasteiger partial charge >= 0.3 is 0 Å². The third-order valence-corrected chi connectivity index (χ3v) is 3.44. The molecule has 1 aromatic heterocycles. The van der Waals surface area contributed by atoms with Gasteiger partial charge in [-0.25, -0.2) is 0 Å². The molecule has 1 unspecified atom stereocenters. The number of nitrogens with one attached hydrogen (secondary N) is 1. The highest BCUT2D eigenvalue weighted by molar-refractivity contribution is 7.07. The minimum atomic E-state index is -0.656. The first-order valence-electron chi connectivity index (χ1n) is 5.96. The molecule has 1 heterocycles. The van der Waals surface area contributed by atoms with Crippen molar-refractivity contribution in [3.05, 3.63) is 52.2 Å². The van der Waals surface area contributed by atoms with Gasteiger partial charge in [-0.05, 0) is 40.1 Å². The summed E-state index contributed by atoms with van der Waals surface area (Å²) in [4.78, 5) is 11.7. The highest BCUT2D eigenvalue weighted by Crippen LogP contribution is 2.15. The first kappa shape index (κ1) is 13.6. The smallest absolute Gasteiger partial charge is 0.224 e. The average molecular weight is 276 g/mol. The van der Waals surface area contributed by atoms with E-state index in [0.717, 1.165) is 11.1 Å². The van der Waals surface area contributed by atoms with E-state index in [1.54, 1.807) is 12.1 Å². The lowest BCUT2D eigenvalue weighted by Crippen LogP contribution is -2.29. The maximum absolute atomic E-state index is 11.7. The second kappa shape index (κ2) is 6.36. The third kappa shape index (κ3) is 4.08. The van der Waals surface area contributed by atoms with Gasteiger partial charge in [0.15, 0.2) is 0 Å². The standard InChI is InChI=1S/C14H16N2O2S/c15-12-3-1-2-10(6-12)7-14(18)16-8-13(17)11-4-5-19-9-11/h1-6,9,13,17H,7-8,15H2,(H,16,18). The molecular formula is C14H16N2O2S. The normalized spacial score (nSPS) is 12.1. The Labute approximate surface area is 115 Å². The number of thiophene rings is 1. The van der Waals surface area contributed by atoms with E-state index in [1.165, 1.54) is 11.3 Å². The van der Waals surface area contributed by atoms with E-state index in [9.17, 15) is 9.90 Å². The van der Waals surface area contributed by atoms with Crippen molar-refractivity contribution in [1.29, 1.82) is 0 Å². The molecule has 0 aliphatic carbocycles. The number of hydrogen-bond donors (Lipinski definition) is 3. The number of carbonyl (C=O) groups is 1. The number of carbonyl (C=O) groups excluding carboxylic acids is 1. The van der Waals surface area contributed by atoms with E-state index < -0.39 is 6.10 Å². The summed E-state index contributed by atoms with van der Waals surface area (Å²) < 4.78 is 0. The number of hydrogen-bond acceptors (Lipinski definition) is 4. The van der Waals surface area contributed by atoms with Crippen LogP contribution in [0, 0.1) is 0 Å². The molecule has 100 valence electrons. The molecule has 2 aromatic rings. The average Bonchev–Trinajstić information content (AvgIpc) is 2.90. The van der Waals surface area contributed by atoms with Crippen molar-refractivity contribution >= 4 is 22.9 Å². The van der Waals surface area contributed by atoms with E-state index in [4.69, 9.17) is 5.73 Å². The molecule has 0 saturated heterocycles. The van der Waals surface area contributed by atoms with Gasteiger partial charge in [0, 0.05) is 12.2 Å². The van der Waals surface area contributed by atoms with Crippen molar-refractivity contribution in [3.8, 4) is 0 Å². The van der Waals surface area contributed by atoms with Gasteiger partial charge in [0.05, 0.1) is 12.5 Å². The van der Waals surface area contributed by atoms with Crippen LogP contribution in [0.5, 0.6) is 0 Å². The highest BCUT2D eigenvalue weighted by atomic mass is 32.1. The summed E-state index contributed by atoms with van der Waals surface area (Å²) in [6.07, 6.45) is -0.391. The van der Waals surface area contributed by atoms with E-state index in [2.05, 4.69) is 5.32 Å². The molecule has 1 aromatic carbocycles. The highest BCUT2D eigenvalue weighted by Gasteiger charge is 2.10. The molecule has 0 saturated carbocycles. The Morgan fingerprint density at radius 2 is 2.26 bits per heavy atom. The van der Waals surface area contributed by atoms with Gasteiger partial charge in [-0.2, -0.15) is 11.3 Å². The summed E-state index contributed by atoms with van der Waals surface area (Å²) in [6, 6.07) is 9.07. The Kier molecular flexibility index (Phi) is 4.54. The van der Waals surface area contributed by atoms with E-state index >= 15 is 0 Å². The Morgan fingerprint density at radius 3 is 2.95 bits per heavy atom. The topological polar surface area (TPSA) is 75.4 Å². The van der Waals surface area contributed by atoms with E-state index in [1.807, 2.05) is 29.0 Å². The molecule has 4 nitrogen and oxygen atoms in total. The van der Waals surface area contributed by atoms with Crippen molar-refractivity contribution in [2.75, 3.05) is 12.3 Å². The number of aliphatic hydroxyl groups excluding tert-OH is 1. The van der Waals surface area contributed by atoms with E-state index in [0.29, 0.717) is 5.69 Å². The van der Waals surface area contributed by atoms with Crippen LogP contribution in [0.25, 0.3) is 0 Å². The fourth-order valence-corrected chi connectivity index (χ4v) is 2.45. The van der Waals surface area contributed by atoms with Gasteiger partial charge in [-0.3, -0.25) is 4.79 Å². The van der Waals surface area contributed by atoms with Crippen molar-refractivity contribution in [2.24, 2.45) is 0 Å². The Balaban J connectivity index is 1.82.